The first-order valence-corrected chi connectivity index (χ1v) is 20.1. The highest BCUT2D eigenvalue weighted by Gasteiger charge is 2.32. The van der Waals surface area contributed by atoms with Gasteiger partial charge in [0.2, 0.25) is 15.8 Å². The highest BCUT2D eigenvalue weighted by atomic mass is 32.2. The third kappa shape index (κ3) is 7.62. The van der Waals surface area contributed by atoms with Crippen LogP contribution >= 0.6 is 0 Å². The Morgan fingerprint density at radius 3 is 1.93 bits per heavy atom. The maximum Gasteiger partial charge on any atom is 0.240 e. The van der Waals surface area contributed by atoms with E-state index in [2.05, 4.69) is 35.1 Å². The lowest BCUT2D eigenvalue weighted by Crippen LogP contribution is -2.26. The molecule has 0 saturated carbocycles. The molecule has 0 bridgehead atoms. The molecule has 4 rings (SSSR count). The van der Waals surface area contributed by atoms with Gasteiger partial charge in [-0.1, -0.05) is 50.0 Å². The van der Waals surface area contributed by atoms with Gasteiger partial charge in [0.25, 0.3) is 0 Å². The molecule has 11 nitrogen and oxygen atoms in total. The van der Waals surface area contributed by atoms with Crippen LogP contribution in [0.4, 0.5) is 0 Å². The van der Waals surface area contributed by atoms with Gasteiger partial charge in [0.15, 0.2) is 9.84 Å². The fraction of sp³-hybridized carbons (Fsp3) is 0.321. The maximum atomic E-state index is 13.6. The summed E-state index contributed by atoms with van der Waals surface area (Å²) in [6.07, 6.45) is 0.254. The van der Waals surface area contributed by atoms with Crippen molar-refractivity contribution in [2.24, 2.45) is 5.14 Å². The van der Waals surface area contributed by atoms with Crippen molar-refractivity contribution in [3.05, 3.63) is 77.4 Å². The van der Waals surface area contributed by atoms with E-state index in [4.69, 9.17) is 14.6 Å². The third-order valence-electron chi connectivity index (χ3n) is 6.66. The average Bonchev–Trinajstić information content (AvgIpc) is 3.39. The van der Waals surface area contributed by atoms with Crippen LogP contribution < -0.4 is 14.6 Å². The Balaban J connectivity index is 1.87. The van der Waals surface area contributed by atoms with E-state index in [0.717, 1.165) is 11.1 Å². The number of rotatable bonds is 12. The van der Waals surface area contributed by atoms with Gasteiger partial charge in [-0.3, -0.25) is 0 Å². The maximum absolute atomic E-state index is 13.6. The Labute approximate surface area is 247 Å². The number of sulfonamides is 1. The van der Waals surface area contributed by atoms with Crippen LogP contribution in [0.3, 0.4) is 0 Å². The fourth-order valence-corrected chi connectivity index (χ4v) is 10.3. The number of methoxy groups -OCH3 is 2. The second kappa shape index (κ2) is 12.3. The SMILES string of the molecule is COc1ccc(Cc2ccc(S(=O)(=O)CC[Si](C)(C)C)c(S(N)(=O)=O)c2-c2nnn(Cc3ccc(OC)cc3)n2)cc1. The van der Waals surface area contributed by atoms with E-state index in [-0.39, 0.29) is 35.0 Å². The Bertz CT molecular complexity index is 1770. The number of ether oxygens (including phenoxy) is 2. The molecule has 0 radical (unpaired) electrons. The number of nitrogens with zero attached hydrogens (tertiary/aromatic N) is 4. The molecule has 3 aromatic carbocycles. The second-order valence-electron chi connectivity index (χ2n) is 11.1. The minimum Gasteiger partial charge on any atom is -0.497 e. The van der Waals surface area contributed by atoms with Gasteiger partial charge in [0.1, 0.15) is 16.4 Å². The molecule has 1 heterocycles. The summed E-state index contributed by atoms with van der Waals surface area (Å²) >= 11 is 0. The summed E-state index contributed by atoms with van der Waals surface area (Å²) in [6.45, 7) is 6.40. The summed E-state index contributed by atoms with van der Waals surface area (Å²) in [5.41, 5.74) is 2.19. The lowest BCUT2D eigenvalue weighted by atomic mass is 9.99. The smallest absolute Gasteiger partial charge is 0.240 e. The summed E-state index contributed by atoms with van der Waals surface area (Å²) in [4.78, 5) is 0.435. The lowest BCUT2D eigenvalue weighted by molar-refractivity contribution is 0.414. The first-order chi connectivity index (χ1) is 19.7. The molecule has 224 valence electrons. The van der Waals surface area contributed by atoms with Crippen LogP contribution in [0.1, 0.15) is 16.7 Å². The zero-order valence-corrected chi connectivity index (χ0v) is 26.9. The van der Waals surface area contributed by atoms with Crippen molar-refractivity contribution in [1.29, 1.82) is 0 Å². The molecule has 0 saturated heterocycles. The van der Waals surface area contributed by atoms with Crippen LogP contribution in [0.2, 0.25) is 25.7 Å². The molecule has 0 aliphatic carbocycles. The number of hydrogen-bond acceptors (Lipinski definition) is 9. The van der Waals surface area contributed by atoms with E-state index in [1.54, 1.807) is 44.6 Å². The summed E-state index contributed by atoms with van der Waals surface area (Å²) in [6, 6.07) is 17.9. The molecule has 1 aromatic heterocycles. The monoisotopic (exact) mass is 629 g/mol. The molecule has 0 amide bonds. The minimum absolute atomic E-state index is 0.0170. The largest absolute Gasteiger partial charge is 0.497 e. The molecule has 14 heteroatoms. The van der Waals surface area contributed by atoms with Gasteiger partial charge < -0.3 is 9.47 Å². The van der Waals surface area contributed by atoms with Crippen LogP contribution in [-0.2, 0) is 32.8 Å². The van der Waals surface area contributed by atoms with Gasteiger partial charge in [-0.05, 0) is 64.7 Å². The Kier molecular flexibility index (Phi) is 9.20. The Morgan fingerprint density at radius 1 is 0.833 bits per heavy atom. The normalized spacial score (nSPS) is 12.3. The van der Waals surface area contributed by atoms with Crippen LogP contribution in [0, 0.1) is 0 Å². The molecule has 0 aliphatic rings. The van der Waals surface area contributed by atoms with Crippen LogP contribution in [0.25, 0.3) is 11.4 Å². The predicted molar refractivity (Wildman–Crippen MR) is 163 cm³/mol. The minimum atomic E-state index is -4.55. The summed E-state index contributed by atoms with van der Waals surface area (Å²) in [5, 5.41) is 18.5. The van der Waals surface area contributed by atoms with E-state index in [9.17, 15) is 16.8 Å². The zero-order chi connectivity index (χ0) is 30.7. The van der Waals surface area contributed by atoms with Crippen LogP contribution in [0.5, 0.6) is 11.5 Å². The molecular weight excluding hydrogens is 595 g/mol. The Morgan fingerprint density at radius 2 is 1.40 bits per heavy atom. The molecular formula is C28H35N5O6S2Si. The standard InChI is InChI=1S/C28H35N5O6S2Si/c1-38-23-11-6-20(7-12-23)18-22-10-15-25(40(34,35)16-17-42(3,4)5)27(41(29,36)37)26(22)28-30-32-33(31-28)19-21-8-13-24(39-2)14-9-21/h6-15H,16-19H2,1-5H3,(H2,29,36,37). The Hall–Kier alpha value is -3.59. The zero-order valence-electron chi connectivity index (χ0n) is 24.2. The van der Waals surface area contributed by atoms with E-state index >= 15 is 0 Å². The average molecular weight is 630 g/mol. The number of tetrazole rings is 1. The van der Waals surface area contributed by atoms with Gasteiger partial charge in [-0.25, -0.2) is 22.0 Å². The van der Waals surface area contributed by atoms with Gasteiger partial charge >= 0.3 is 0 Å². The molecule has 0 spiro atoms. The van der Waals surface area contributed by atoms with Crippen LogP contribution in [0.15, 0.2) is 70.5 Å². The first-order valence-electron chi connectivity index (χ1n) is 13.2. The van der Waals surface area contributed by atoms with E-state index < -0.39 is 32.8 Å². The number of sulfone groups is 1. The highest BCUT2D eigenvalue weighted by Crippen LogP contribution is 2.36. The predicted octanol–water partition coefficient (Wildman–Crippen LogP) is 3.76. The molecule has 42 heavy (non-hydrogen) atoms. The molecule has 0 unspecified atom stereocenters. The quantitative estimate of drug-likeness (QED) is 0.231. The molecule has 4 aromatic rings. The van der Waals surface area contributed by atoms with E-state index in [1.807, 2.05) is 24.3 Å². The van der Waals surface area contributed by atoms with Gasteiger partial charge in [0, 0.05) is 13.6 Å². The number of benzene rings is 3. The van der Waals surface area contributed by atoms with Crippen molar-refractivity contribution in [2.75, 3.05) is 20.0 Å². The first kappa shape index (κ1) is 31.3. The van der Waals surface area contributed by atoms with Crippen molar-refractivity contribution < 1.29 is 26.3 Å². The van der Waals surface area contributed by atoms with E-state index in [0.29, 0.717) is 23.1 Å². The summed E-state index contributed by atoms with van der Waals surface area (Å²) in [5.74, 6) is 1.12. The van der Waals surface area contributed by atoms with Gasteiger partial charge in [-0.2, -0.15) is 4.80 Å². The summed E-state index contributed by atoms with van der Waals surface area (Å²) in [7, 11) is -7.20. The third-order valence-corrected chi connectivity index (χ3v) is 11.6. The highest BCUT2D eigenvalue weighted by molar-refractivity contribution is 7.93. The van der Waals surface area contributed by atoms with Crippen molar-refractivity contribution in [2.45, 2.75) is 48.4 Å². The second-order valence-corrected chi connectivity index (χ2v) is 20.3. The van der Waals surface area contributed by atoms with E-state index in [1.165, 1.54) is 10.9 Å². The number of hydrogen-bond donors (Lipinski definition) is 1. The number of nitrogens with two attached hydrogens (primary N) is 1. The topological polar surface area (TPSA) is 156 Å². The molecule has 0 aliphatic heterocycles. The molecule has 2 N–H and O–H groups in total. The van der Waals surface area contributed by atoms with Gasteiger partial charge in [-0.15, -0.1) is 10.2 Å². The van der Waals surface area contributed by atoms with Crippen molar-refractivity contribution in [3.8, 4) is 22.9 Å². The molecule has 0 atom stereocenters. The van der Waals surface area contributed by atoms with Gasteiger partial charge in [0.05, 0.1) is 31.4 Å². The van der Waals surface area contributed by atoms with Crippen molar-refractivity contribution in [1.82, 2.24) is 20.2 Å². The molecule has 0 fully saturated rings. The van der Waals surface area contributed by atoms with Crippen LogP contribution in [-0.4, -0.2) is 65.1 Å². The number of aromatic nitrogens is 4. The van der Waals surface area contributed by atoms with Crippen molar-refractivity contribution in [3.63, 3.8) is 0 Å². The summed E-state index contributed by atoms with van der Waals surface area (Å²) < 4.78 is 63.9. The number of primary sulfonamides is 1. The lowest BCUT2D eigenvalue weighted by Gasteiger charge is -2.19. The fourth-order valence-electron chi connectivity index (χ4n) is 4.34. The van der Waals surface area contributed by atoms with Crippen molar-refractivity contribution >= 4 is 27.9 Å².